The smallest absolute Gasteiger partial charge is 0.233 e. The van der Waals surface area contributed by atoms with E-state index in [-0.39, 0.29) is 35.8 Å². The van der Waals surface area contributed by atoms with Crippen LogP contribution in [0.2, 0.25) is 0 Å². The molecule has 0 bridgehead atoms. The summed E-state index contributed by atoms with van der Waals surface area (Å²) >= 11 is 0. The Morgan fingerprint density at radius 2 is 0.810 bits per heavy atom. The van der Waals surface area contributed by atoms with Crippen LogP contribution < -0.4 is 28.4 Å². The summed E-state index contributed by atoms with van der Waals surface area (Å²) in [6.45, 7) is 0.0723. The first-order valence-electron chi connectivity index (χ1n) is 12.7. The maximum atomic E-state index is 13.3. The van der Waals surface area contributed by atoms with Gasteiger partial charge in [-0.05, 0) is 72.8 Å². The Bertz CT molecular complexity index is 1660. The molecule has 2 aliphatic heterocycles. The maximum absolute atomic E-state index is 13.3. The van der Waals surface area contributed by atoms with Gasteiger partial charge in [0.1, 0.15) is 11.5 Å². The Morgan fingerprint density at radius 1 is 0.476 bits per heavy atom. The molecule has 42 heavy (non-hydrogen) atoms. The number of carbonyl (C=O) groups excluding carboxylic acids is 4. The van der Waals surface area contributed by atoms with Crippen LogP contribution in [0.5, 0.6) is 34.5 Å². The summed E-state index contributed by atoms with van der Waals surface area (Å²) in [5.41, 5.74) is 1.22. The number of fused-ring (bicyclic) bond motifs is 2. The minimum Gasteiger partial charge on any atom is -0.496 e. The second kappa shape index (κ2) is 10.7. The predicted molar refractivity (Wildman–Crippen MR) is 147 cm³/mol. The van der Waals surface area contributed by atoms with Crippen LogP contribution in [-0.2, 0) is 0 Å². The van der Waals surface area contributed by atoms with E-state index in [0.717, 1.165) is 0 Å². The van der Waals surface area contributed by atoms with Crippen LogP contribution in [0, 0.1) is 0 Å². The zero-order chi connectivity index (χ0) is 29.4. The molecule has 0 spiro atoms. The normalized spacial score (nSPS) is 12.5. The van der Waals surface area contributed by atoms with Crippen molar-refractivity contribution in [3.63, 3.8) is 0 Å². The number of rotatable bonds is 9. The monoisotopic (exact) mass is 566 g/mol. The standard InChI is InChI=1S/C32H22O10/c1-37-23-7-3-17(29(33)31(35)19-5-9-25-27(13-19)41-15-39-25)11-21(23)22-12-18(4-8-24(22)38-2)30(34)32(36)20-6-10-26-28(14-20)42-16-40-26/h3-14H,15-16H2,1-2H3. The molecular weight excluding hydrogens is 544 g/mol. The molecule has 10 heteroatoms. The third kappa shape index (κ3) is 4.68. The van der Waals surface area contributed by atoms with Gasteiger partial charge in [-0.25, -0.2) is 0 Å². The average molecular weight is 567 g/mol. The number of Topliss-reactive ketones (excluding diaryl/α,β-unsaturated/α-hetero) is 4. The number of ether oxygens (including phenoxy) is 6. The number of benzene rings is 4. The molecule has 0 atom stereocenters. The third-order valence-electron chi connectivity index (χ3n) is 6.90. The summed E-state index contributed by atoms with van der Waals surface area (Å²) in [7, 11) is 2.89. The molecule has 2 heterocycles. The van der Waals surface area contributed by atoms with E-state index in [0.29, 0.717) is 45.6 Å². The van der Waals surface area contributed by atoms with E-state index >= 15 is 0 Å². The molecule has 2 aliphatic rings. The van der Waals surface area contributed by atoms with Gasteiger partial charge in [-0.2, -0.15) is 0 Å². The molecule has 0 aliphatic carbocycles. The number of methoxy groups -OCH3 is 2. The molecule has 10 nitrogen and oxygen atoms in total. The molecule has 0 N–H and O–H groups in total. The second-order valence-electron chi connectivity index (χ2n) is 9.28. The Labute approximate surface area is 239 Å². The quantitative estimate of drug-likeness (QED) is 0.203. The van der Waals surface area contributed by atoms with Crippen LogP contribution in [0.3, 0.4) is 0 Å². The molecule has 0 saturated heterocycles. The summed E-state index contributed by atoms with van der Waals surface area (Å²) in [5.74, 6) is -0.558. The van der Waals surface area contributed by atoms with Crippen molar-refractivity contribution in [1.29, 1.82) is 0 Å². The van der Waals surface area contributed by atoms with E-state index in [1.165, 1.54) is 62.8 Å². The fourth-order valence-corrected chi connectivity index (χ4v) is 4.72. The fraction of sp³-hybridized carbons (Fsp3) is 0.125. The van der Waals surface area contributed by atoms with Crippen molar-refractivity contribution < 1.29 is 47.6 Å². The molecule has 0 saturated carbocycles. The first-order chi connectivity index (χ1) is 20.4. The highest BCUT2D eigenvalue weighted by Crippen LogP contribution is 2.39. The van der Waals surface area contributed by atoms with Gasteiger partial charge in [0.05, 0.1) is 14.2 Å². The van der Waals surface area contributed by atoms with Crippen LogP contribution in [0.4, 0.5) is 0 Å². The number of hydrogen-bond donors (Lipinski definition) is 0. The Morgan fingerprint density at radius 3 is 1.19 bits per heavy atom. The summed E-state index contributed by atoms with van der Waals surface area (Å²) in [5, 5.41) is 0. The zero-order valence-corrected chi connectivity index (χ0v) is 22.4. The molecule has 0 radical (unpaired) electrons. The predicted octanol–water partition coefficient (Wildman–Crippen LogP) is 4.96. The van der Waals surface area contributed by atoms with Crippen molar-refractivity contribution >= 4 is 23.1 Å². The third-order valence-corrected chi connectivity index (χ3v) is 6.90. The van der Waals surface area contributed by atoms with E-state index in [1.807, 2.05) is 0 Å². The van der Waals surface area contributed by atoms with Gasteiger partial charge in [-0.15, -0.1) is 0 Å². The van der Waals surface area contributed by atoms with Gasteiger partial charge in [0.2, 0.25) is 36.7 Å². The van der Waals surface area contributed by atoms with Crippen LogP contribution in [0.1, 0.15) is 41.4 Å². The summed E-state index contributed by atoms with van der Waals surface area (Å²) in [4.78, 5) is 52.7. The molecule has 0 unspecified atom stereocenters. The summed E-state index contributed by atoms with van der Waals surface area (Å²) in [6.07, 6.45) is 0. The highest BCUT2D eigenvalue weighted by molar-refractivity contribution is 6.50. The lowest BCUT2D eigenvalue weighted by Crippen LogP contribution is -2.15. The molecule has 210 valence electrons. The van der Waals surface area contributed by atoms with Crippen molar-refractivity contribution in [3.05, 3.63) is 95.1 Å². The van der Waals surface area contributed by atoms with Crippen LogP contribution in [0.15, 0.2) is 72.8 Å². The average Bonchev–Trinajstić information content (AvgIpc) is 3.71. The molecule has 0 amide bonds. The lowest BCUT2D eigenvalue weighted by molar-refractivity contribution is 0.0816. The second-order valence-corrected chi connectivity index (χ2v) is 9.28. The lowest BCUT2D eigenvalue weighted by atomic mass is 9.93. The van der Waals surface area contributed by atoms with Gasteiger partial charge in [0.25, 0.3) is 0 Å². The van der Waals surface area contributed by atoms with Gasteiger partial charge in [0.15, 0.2) is 23.0 Å². The van der Waals surface area contributed by atoms with Gasteiger partial charge in [-0.1, -0.05) is 0 Å². The number of hydrogen-bond acceptors (Lipinski definition) is 10. The molecule has 6 rings (SSSR count). The van der Waals surface area contributed by atoms with Crippen LogP contribution in [0.25, 0.3) is 11.1 Å². The highest BCUT2D eigenvalue weighted by atomic mass is 16.7. The molecule has 0 aromatic heterocycles. The SMILES string of the molecule is COc1ccc(C(=O)C(=O)c2ccc3c(c2)OCO3)cc1-c1cc(C(=O)C(=O)c2ccc3c(c2)OCO3)ccc1OC. The van der Waals surface area contributed by atoms with Gasteiger partial charge in [-0.3, -0.25) is 19.2 Å². The van der Waals surface area contributed by atoms with Gasteiger partial charge >= 0.3 is 0 Å². The molecule has 4 aromatic rings. The van der Waals surface area contributed by atoms with E-state index in [2.05, 4.69) is 0 Å². The maximum Gasteiger partial charge on any atom is 0.233 e. The molecular formula is C32H22O10. The Hall–Kier alpha value is -5.64. The molecule has 4 aromatic carbocycles. The Kier molecular flexibility index (Phi) is 6.79. The largest absolute Gasteiger partial charge is 0.496 e. The first-order valence-corrected chi connectivity index (χ1v) is 12.7. The first kappa shape index (κ1) is 26.6. The van der Waals surface area contributed by atoms with Crippen molar-refractivity contribution in [3.8, 4) is 45.6 Å². The minimum absolute atomic E-state index is 0.0362. The summed E-state index contributed by atoms with van der Waals surface area (Å²) < 4.78 is 32.3. The van der Waals surface area contributed by atoms with Crippen LogP contribution >= 0.6 is 0 Å². The zero-order valence-electron chi connectivity index (χ0n) is 22.4. The van der Waals surface area contributed by atoms with Crippen molar-refractivity contribution in [2.24, 2.45) is 0 Å². The number of carbonyl (C=O) groups is 4. The topological polar surface area (TPSA) is 124 Å². The highest BCUT2D eigenvalue weighted by Gasteiger charge is 2.26. The Balaban J connectivity index is 1.34. The van der Waals surface area contributed by atoms with Crippen molar-refractivity contribution in [2.45, 2.75) is 0 Å². The van der Waals surface area contributed by atoms with Gasteiger partial charge < -0.3 is 28.4 Å². The minimum atomic E-state index is -0.762. The van der Waals surface area contributed by atoms with Crippen molar-refractivity contribution in [1.82, 2.24) is 0 Å². The van der Waals surface area contributed by atoms with E-state index in [4.69, 9.17) is 28.4 Å². The lowest BCUT2D eigenvalue weighted by Gasteiger charge is -2.15. The van der Waals surface area contributed by atoms with Crippen LogP contribution in [-0.4, -0.2) is 50.9 Å². The van der Waals surface area contributed by atoms with E-state index in [1.54, 1.807) is 24.3 Å². The summed E-state index contributed by atoms with van der Waals surface area (Å²) in [6, 6.07) is 18.0. The van der Waals surface area contributed by atoms with E-state index in [9.17, 15) is 19.2 Å². The van der Waals surface area contributed by atoms with E-state index < -0.39 is 23.1 Å². The van der Waals surface area contributed by atoms with Crippen molar-refractivity contribution in [2.75, 3.05) is 27.8 Å². The number of ketones is 4. The molecule has 0 fully saturated rings. The van der Waals surface area contributed by atoms with Gasteiger partial charge in [0, 0.05) is 33.4 Å². The fourth-order valence-electron chi connectivity index (χ4n) is 4.72.